The van der Waals surface area contributed by atoms with Crippen LogP contribution in [0, 0.1) is 11.8 Å². The van der Waals surface area contributed by atoms with Crippen molar-refractivity contribution in [2.75, 3.05) is 19.5 Å². The molecule has 1 saturated carbocycles. The maximum atomic E-state index is 12.9. The summed E-state index contributed by atoms with van der Waals surface area (Å²) in [7, 11) is 2.77. The predicted molar refractivity (Wildman–Crippen MR) is 159 cm³/mol. The van der Waals surface area contributed by atoms with Crippen molar-refractivity contribution in [2.24, 2.45) is 16.8 Å². The number of nitrogens with one attached hydrogen (secondary N) is 1. The monoisotopic (exact) mass is 532 g/mol. The molecule has 0 aromatic heterocycles. The molecule has 6 nitrogen and oxygen atoms in total. The third-order valence-corrected chi connectivity index (χ3v) is 7.39. The second-order valence-electron chi connectivity index (χ2n) is 9.86. The van der Waals surface area contributed by atoms with Crippen LogP contribution in [-0.4, -0.2) is 37.9 Å². The van der Waals surface area contributed by atoms with Gasteiger partial charge in [-0.2, -0.15) is 0 Å². The SMILES string of the molecule is COC(=O)C1CC(Nc2ccc(-c3ccccc3)cc2)C(C(=O)OC)CC1=Nc1ccc(-c2ccccc2)cc1. The summed E-state index contributed by atoms with van der Waals surface area (Å²) in [4.78, 5) is 30.7. The van der Waals surface area contributed by atoms with Crippen LogP contribution in [0.3, 0.4) is 0 Å². The molecule has 1 N–H and O–H groups in total. The summed E-state index contributed by atoms with van der Waals surface area (Å²) in [6.07, 6.45) is 0.639. The largest absolute Gasteiger partial charge is 0.469 e. The normalized spacial score (nSPS) is 19.6. The molecule has 0 radical (unpaired) electrons. The number of methoxy groups -OCH3 is 2. The molecule has 0 heterocycles. The Balaban J connectivity index is 1.39. The van der Waals surface area contributed by atoms with Gasteiger partial charge in [-0.25, -0.2) is 0 Å². The Bertz CT molecular complexity index is 1470. The summed E-state index contributed by atoms with van der Waals surface area (Å²) in [5.74, 6) is -1.80. The van der Waals surface area contributed by atoms with Crippen molar-refractivity contribution in [3.05, 3.63) is 109 Å². The Morgan fingerprint density at radius 1 is 0.675 bits per heavy atom. The summed E-state index contributed by atoms with van der Waals surface area (Å²) < 4.78 is 10.3. The minimum absolute atomic E-state index is 0.284. The van der Waals surface area contributed by atoms with Gasteiger partial charge in [0.15, 0.2) is 0 Å². The molecule has 0 spiro atoms. The molecule has 1 aliphatic carbocycles. The molecule has 4 aromatic rings. The number of esters is 2. The molecule has 3 atom stereocenters. The van der Waals surface area contributed by atoms with Gasteiger partial charge in [-0.15, -0.1) is 0 Å². The lowest BCUT2D eigenvalue weighted by Gasteiger charge is -2.35. The molecule has 6 heteroatoms. The quantitative estimate of drug-likeness (QED) is 0.261. The average Bonchev–Trinajstić information content (AvgIpc) is 3.02. The van der Waals surface area contributed by atoms with E-state index in [9.17, 15) is 9.59 Å². The number of benzene rings is 4. The van der Waals surface area contributed by atoms with Gasteiger partial charge in [0, 0.05) is 23.9 Å². The van der Waals surface area contributed by atoms with Crippen LogP contribution in [0.2, 0.25) is 0 Å². The fraction of sp³-hybridized carbons (Fsp3) is 0.206. The van der Waals surface area contributed by atoms with E-state index in [1.807, 2.05) is 84.9 Å². The Morgan fingerprint density at radius 2 is 1.18 bits per heavy atom. The van der Waals surface area contributed by atoms with Crippen molar-refractivity contribution in [3.8, 4) is 22.3 Å². The van der Waals surface area contributed by atoms with Crippen molar-refractivity contribution in [1.29, 1.82) is 0 Å². The fourth-order valence-corrected chi connectivity index (χ4v) is 5.25. The lowest BCUT2D eigenvalue weighted by molar-refractivity contribution is -0.148. The van der Waals surface area contributed by atoms with Gasteiger partial charge >= 0.3 is 11.9 Å². The van der Waals surface area contributed by atoms with E-state index in [-0.39, 0.29) is 24.4 Å². The lowest BCUT2D eigenvalue weighted by Crippen LogP contribution is -2.46. The predicted octanol–water partition coefficient (Wildman–Crippen LogP) is 6.95. The highest BCUT2D eigenvalue weighted by atomic mass is 16.5. The van der Waals surface area contributed by atoms with Gasteiger partial charge in [-0.3, -0.25) is 14.6 Å². The maximum absolute atomic E-state index is 12.9. The number of aliphatic imine (C=N–C) groups is 1. The van der Waals surface area contributed by atoms with Crippen LogP contribution in [0.15, 0.2) is 114 Å². The van der Waals surface area contributed by atoms with E-state index in [0.29, 0.717) is 12.1 Å². The van der Waals surface area contributed by atoms with Crippen LogP contribution in [0.1, 0.15) is 12.8 Å². The minimum atomic E-state index is -0.583. The average molecular weight is 533 g/mol. The van der Waals surface area contributed by atoms with Gasteiger partial charge in [-0.05, 0) is 52.9 Å². The topological polar surface area (TPSA) is 77.0 Å². The third-order valence-electron chi connectivity index (χ3n) is 7.39. The number of ether oxygens (including phenoxy) is 2. The molecule has 0 amide bonds. The van der Waals surface area contributed by atoms with Gasteiger partial charge in [0.2, 0.25) is 0 Å². The fourth-order valence-electron chi connectivity index (χ4n) is 5.25. The Labute approximate surface area is 234 Å². The highest BCUT2D eigenvalue weighted by molar-refractivity contribution is 6.05. The lowest BCUT2D eigenvalue weighted by atomic mass is 9.76. The number of rotatable bonds is 7. The second-order valence-corrected chi connectivity index (χ2v) is 9.86. The Morgan fingerprint density at radius 3 is 1.70 bits per heavy atom. The molecular formula is C34H32N2O4. The summed E-state index contributed by atoms with van der Waals surface area (Å²) in [5.41, 5.74) is 6.61. The Kier molecular flexibility index (Phi) is 8.35. The zero-order chi connectivity index (χ0) is 27.9. The zero-order valence-electron chi connectivity index (χ0n) is 22.6. The van der Waals surface area contributed by atoms with Gasteiger partial charge in [0.25, 0.3) is 0 Å². The van der Waals surface area contributed by atoms with E-state index >= 15 is 0 Å². The molecule has 202 valence electrons. The zero-order valence-corrected chi connectivity index (χ0v) is 22.6. The molecule has 0 saturated heterocycles. The molecular weight excluding hydrogens is 500 g/mol. The van der Waals surface area contributed by atoms with Crippen LogP contribution < -0.4 is 5.32 Å². The van der Waals surface area contributed by atoms with Crippen LogP contribution in [-0.2, 0) is 19.1 Å². The van der Waals surface area contributed by atoms with Gasteiger partial charge in [0.05, 0.1) is 31.7 Å². The van der Waals surface area contributed by atoms with Crippen LogP contribution in [0.25, 0.3) is 22.3 Å². The summed E-state index contributed by atoms with van der Waals surface area (Å²) >= 11 is 0. The van der Waals surface area contributed by atoms with Gasteiger partial charge in [0.1, 0.15) is 0 Å². The molecule has 1 aliphatic rings. The van der Waals surface area contributed by atoms with E-state index in [1.165, 1.54) is 14.2 Å². The number of anilines is 1. The van der Waals surface area contributed by atoms with Crippen LogP contribution in [0.4, 0.5) is 11.4 Å². The third kappa shape index (κ3) is 6.12. The van der Waals surface area contributed by atoms with Crippen LogP contribution >= 0.6 is 0 Å². The smallest absolute Gasteiger partial charge is 0.314 e. The molecule has 4 aromatic carbocycles. The standard InChI is InChI=1S/C34H32N2O4/c1-39-33(37)29-21-32(36-28-19-15-26(16-20-28)24-11-7-4-8-12-24)30(34(38)40-2)22-31(29)35-27-17-13-25(14-18-27)23-9-5-3-6-10-23/h3-20,29-31,35H,21-22H2,1-2H3. The number of hydrogen-bond acceptors (Lipinski definition) is 6. The summed E-state index contributed by atoms with van der Waals surface area (Å²) in [5, 5.41) is 3.48. The second kappa shape index (κ2) is 12.4. The summed E-state index contributed by atoms with van der Waals surface area (Å²) in [6.45, 7) is 0. The molecule has 0 aliphatic heterocycles. The highest BCUT2D eigenvalue weighted by Crippen LogP contribution is 2.34. The van der Waals surface area contributed by atoms with Gasteiger partial charge < -0.3 is 14.8 Å². The van der Waals surface area contributed by atoms with Crippen molar-refractivity contribution < 1.29 is 19.1 Å². The van der Waals surface area contributed by atoms with E-state index in [4.69, 9.17) is 14.5 Å². The first-order chi connectivity index (χ1) is 19.6. The van der Waals surface area contributed by atoms with E-state index in [2.05, 4.69) is 29.6 Å². The van der Waals surface area contributed by atoms with Crippen molar-refractivity contribution in [1.82, 2.24) is 0 Å². The van der Waals surface area contributed by atoms with Crippen LogP contribution in [0.5, 0.6) is 0 Å². The number of carbonyl (C=O) groups excluding carboxylic acids is 2. The summed E-state index contributed by atoms with van der Waals surface area (Å²) in [6, 6.07) is 35.8. The maximum Gasteiger partial charge on any atom is 0.314 e. The number of carbonyl (C=O) groups is 2. The first-order valence-electron chi connectivity index (χ1n) is 13.4. The van der Waals surface area contributed by atoms with E-state index < -0.39 is 11.8 Å². The number of nitrogens with zero attached hydrogens (tertiary/aromatic N) is 1. The van der Waals surface area contributed by atoms with Crippen molar-refractivity contribution >= 4 is 29.0 Å². The molecule has 0 bridgehead atoms. The first kappa shape index (κ1) is 26.9. The molecule has 40 heavy (non-hydrogen) atoms. The molecule has 3 unspecified atom stereocenters. The van der Waals surface area contributed by atoms with Crippen molar-refractivity contribution in [2.45, 2.75) is 18.9 Å². The van der Waals surface area contributed by atoms with Crippen molar-refractivity contribution in [3.63, 3.8) is 0 Å². The molecule has 5 rings (SSSR count). The Hall–Kier alpha value is -4.71. The minimum Gasteiger partial charge on any atom is -0.469 e. The molecule has 1 fully saturated rings. The van der Waals surface area contributed by atoms with E-state index in [0.717, 1.165) is 33.6 Å². The van der Waals surface area contributed by atoms with Gasteiger partial charge in [-0.1, -0.05) is 84.9 Å². The number of hydrogen-bond donors (Lipinski definition) is 1. The first-order valence-corrected chi connectivity index (χ1v) is 13.4. The highest BCUT2D eigenvalue weighted by Gasteiger charge is 2.42. The van der Waals surface area contributed by atoms with E-state index in [1.54, 1.807) is 0 Å².